The summed E-state index contributed by atoms with van der Waals surface area (Å²) in [5.41, 5.74) is 13.3. The van der Waals surface area contributed by atoms with E-state index >= 15 is 0 Å². The minimum Gasteiger partial charge on any atom is -0.314 e. The Morgan fingerprint density at radius 1 is 0.723 bits per heavy atom. The van der Waals surface area contributed by atoms with Crippen LogP contribution in [0.15, 0.2) is 151 Å². The standard InChI is InChI=1S/C43H29N3S/c44-26-28(27-45)22-34-25-41-42(47-34)37-21-20-33(24-40(37)43(41)38-16-8-6-14-35(38)36-15-7-9-17-39(36)43)46(31-12-2-1-3-13-31)32-19-18-29-10-4-5-11-30(29)23-32/h1-21,24-25,28,30H,22-23H2. The van der Waals surface area contributed by atoms with Gasteiger partial charge in [0.15, 0.2) is 0 Å². The fourth-order valence-corrected chi connectivity index (χ4v) is 9.46. The molecule has 5 aromatic rings. The van der Waals surface area contributed by atoms with E-state index in [1.807, 2.05) is 0 Å². The van der Waals surface area contributed by atoms with Crippen LogP contribution in [-0.4, -0.2) is 0 Å². The second-order valence-electron chi connectivity index (χ2n) is 12.6. The lowest BCUT2D eigenvalue weighted by atomic mass is 9.71. The summed E-state index contributed by atoms with van der Waals surface area (Å²) in [6.07, 6.45) is 14.7. The molecule has 4 heteroatoms. The summed E-state index contributed by atoms with van der Waals surface area (Å²) in [6.45, 7) is 0. The second kappa shape index (κ2) is 10.7. The number of nitrogens with zero attached hydrogens (tertiary/aromatic N) is 3. The van der Waals surface area contributed by atoms with Crippen molar-refractivity contribution >= 4 is 22.7 Å². The maximum Gasteiger partial charge on any atom is 0.138 e. The molecule has 1 atom stereocenters. The van der Waals surface area contributed by atoms with E-state index in [0.717, 1.165) is 22.7 Å². The van der Waals surface area contributed by atoms with Gasteiger partial charge in [0, 0.05) is 39.2 Å². The molecule has 9 rings (SSSR count). The monoisotopic (exact) mass is 619 g/mol. The third-order valence-electron chi connectivity index (χ3n) is 10.1. The van der Waals surface area contributed by atoms with Gasteiger partial charge in [-0.25, -0.2) is 0 Å². The summed E-state index contributed by atoms with van der Waals surface area (Å²) in [5.74, 6) is -0.307. The van der Waals surface area contributed by atoms with E-state index in [4.69, 9.17) is 0 Å². The molecule has 0 saturated heterocycles. The zero-order valence-corrected chi connectivity index (χ0v) is 26.4. The van der Waals surface area contributed by atoms with Crippen molar-refractivity contribution in [1.29, 1.82) is 10.5 Å². The largest absolute Gasteiger partial charge is 0.314 e. The molecule has 0 bridgehead atoms. The Kier molecular flexibility index (Phi) is 6.29. The van der Waals surface area contributed by atoms with Crippen molar-refractivity contribution in [1.82, 2.24) is 0 Å². The maximum atomic E-state index is 9.62. The quantitative estimate of drug-likeness (QED) is 0.193. The van der Waals surface area contributed by atoms with E-state index in [9.17, 15) is 10.5 Å². The third kappa shape index (κ3) is 4.02. The van der Waals surface area contributed by atoms with Crippen LogP contribution in [0.2, 0.25) is 0 Å². The first-order valence-electron chi connectivity index (χ1n) is 16.1. The van der Waals surface area contributed by atoms with E-state index in [2.05, 4.69) is 157 Å². The van der Waals surface area contributed by atoms with Crippen molar-refractivity contribution in [3.05, 3.63) is 178 Å². The number of nitriles is 2. The number of anilines is 2. The highest BCUT2D eigenvalue weighted by Gasteiger charge is 2.52. The molecular formula is C43H29N3S. The smallest absolute Gasteiger partial charge is 0.138 e. The molecule has 4 aliphatic carbocycles. The molecular weight excluding hydrogens is 591 g/mol. The van der Waals surface area contributed by atoms with Crippen molar-refractivity contribution in [2.75, 3.05) is 4.90 Å². The lowest BCUT2D eigenvalue weighted by molar-refractivity contribution is 0.732. The SMILES string of the molecule is N#CC(C#N)Cc1cc2c(s1)-c1ccc(N(C3=CC=C4C=CC=CC4C3)c3ccccc3)cc1C21c2ccccc2-c2ccccc21. The number of para-hydroxylation sites is 1. The van der Waals surface area contributed by atoms with Crippen molar-refractivity contribution in [3.63, 3.8) is 0 Å². The topological polar surface area (TPSA) is 50.8 Å². The van der Waals surface area contributed by atoms with Crippen LogP contribution in [0.5, 0.6) is 0 Å². The number of rotatable bonds is 5. The Labute approximate surface area is 279 Å². The van der Waals surface area contributed by atoms with Gasteiger partial charge in [-0.15, -0.1) is 11.3 Å². The number of hydrogen-bond acceptors (Lipinski definition) is 4. The number of benzene rings is 4. The van der Waals surface area contributed by atoms with E-state index in [-0.39, 0.29) is 0 Å². The predicted octanol–water partition coefficient (Wildman–Crippen LogP) is 10.4. The molecule has 222 valence electrons. The molecule has 0 N–H and O–H groups in total. The fourth-order valence-electron chi connectivity index (χ4n) is 8.16. The molecule has 1 heterocycles. The van der Waals surface area contributed by atoms with Crippen LogP contribution in [0.1, 0.15) is 33.6 Å². The molecule has 0 aliphatic heterocycles. The number of allylic oxidation sites excluding steroid dienone is 8. The Balaban J connectivity index is 1.29. The number of fused-ring (bicyclic) bond motifs is 11. The zero-order valence-electron chi connectivity index (χ0n) is 25.6. The molecule has 0 amide bonds. The highest BCUT2D eigenvalue weighted by molar-refractivity contribution is 7.15. The van der Waals surface area contributed by atoms with Crippen LogP contribution in [0.25, 0.3) is 21.6 Å². The van der Waals surface area contributed by atoms with Crippen molar-refractivity contribution in [3.8, 4) is 33.7 Å². The van der Waals surface area contributed by atoms with Crippen molar-refractivity contribution < 1.29 is 0 Å². The van der Waals surface area contributed by atoms with E-state index in [0.29, 0.717) is 12.3 Å². The zero-order chi connectivity index (χ0) is 31.5. The predicted molar refractivity (Wildman–Crippen MR) is 190 cm³/mol. The van der Waals surface area contributed by atoms with Crippen LogP contribution in [0, 0.1) is 34.5 Å². The summed E-state index contributed by atoms with van der Waals surface area (Å²) in [7, 11) is 0. The summed E-state index contributed by atoms with van der Waals surface area (Å²) in [4.78, 5) is 4.75. The molecule has 1 aromatic heterocycles. The number of thiophene rings is 1. The lowest BCUT2D eigenvalue weighted by Gasteiger charge is -2.34. The Morgan fingerprint density at radius 2 is 1.45 bits per heavy atom. The Bertz CT molecular complexity index is 2240. The molecule has 4 aliphatic rings. The summed E-state index contributed by atoms with van der Waals surface area (Å²) < 4.78 is 0. The van der Waals surface area contributed by atoms with Gasteiger partial charge in [-0.05, 0) is 87.3 Å². The van der Waals surface area contributed by atoms with Gasteiger partial charge in [-0.1, -0.05) is 103 Å². The Morgan fingerprint density at radius 3 is 2.19 bits per heavy atom. The molecule has 1 spiro atoms. The van der Waals surface area contributed by atoms with Gasteiger partial charge in [0.2, 0.25) is 0 Å². The van der Waals surface area contributed by atoms with Gasteiger partial charge in [0.05, 0.1) is 17.6 Å². The first-order chi connectivity index (χ1) is 23.2. The molecule has 0 saturated carbocycles. The number of hydrogen-bond donors (Lipinski definition) is 0. The first kappa shape index (κ1) is 27.6. The highest BCUT2D eigenvalue weighted by atomic mass is 32.1. The average Bonchev–Trinajstić information content (AvgIpc) is 3.76. The average molecular weight is 620 g/mol. The summed E-state index contributed by atoms with van der Waals surface area (Å²) in [5, 5.41) is 19.2. The minimum absolute atomic E-state index is 0.358. The first-order valence-corrected chi connectivity index (χ1v) is 16.9. The van der Waals surface area contributed by atoms with Crippen LogP contribution in [0.4, 0.5) is 11.4 Å². The normalized spacial score (nSPS) is 17.1. The van der Waals surface area contributed by atoms with Crippen molar-refractivity contribution in [2.45, 2.75) is 18.3 Å². The van der Waals surface area contributed by atoms with Gasteiger partial charge < -0.3 is 4.90 Å². The van der Waals surface area contributed by atoms with E-state index in [1.165, 1.54) is 55.1 Å². The highest BCUT2D eigenvalue weighted by Crippen LogP contribution is 2.65. The van der Waals surface area contributed by atoms with E-state index < -0.39 is 11.3 Å². The van der Waals surface area contributed by atoms with Crippen LogP contribution >= 0.6 is 11.3 Å². The van der Waals surface area contributed by atoms with Gasteiger partial charge >= 0.3 is 0 Å². The van der Waals surface area contributed by atoms with E-state index in [1.54, 1.807) is 11.3 Å². The van der Waals surface area contributed by atoms with Gasteiger partial charge in [-0.3, -0.25) is 0 Å². The molecule has 0 radical (unpaired) electrons. The minimum atomic E-state index is -0.665. The van der Waals surface area contributed by atoms with Gasteiger partial charge in [0.25, 0.3) is 0 Å². The summed E-state index contributed by atoms with van der Waals surface area (Å²) in [6, 6.07) is 42.0. The molecule has 1 unspecified atom stereocenters. The third-order valence-corrected chi connectivity index (χ3v) is 11.3. The lowest BCUT2D eigenvalue weighted by Crippen LogP contribution is -2.26. The molecule has 4 aromatic carbocycles. The Hall–Kier alpha value is -5.68. The summed E-state index contributed by atoms with van der Waals surface area (Å²) >= 11 is 1.74. The maximum absolute atomic E-state index is 9.62. The van der Waals surface area contributed by atoms with Crippen LogP contribution < -0.4 is 4.90 Å². The van der Waals surface area contributed by atoms with Crippen LogP contribution in [0.3, 0.4) is 0 Å². The van der Waals surface area contributed by atoms with Gasteiger partial charge in [-0.2, -0.15) is 10.5 Å². The molecule has 3 nitrogen and oxygen atoms in total. The molecule has 47 heavy (non-hydrogen) atoms. The van der Waals surface area contributed by atoms with Crippen molar-refractivity contribution in [2.24, 2.45) is 11.8 Å². The fraction of sp³-hybridized carbons (Fsp3) is 0.116. The van der Waals surface area contributed by atoms with Crippen LogP contribution in [-0.2, 0) is 11.8 Å². The van der Waals surface area contributed by atoms with Gasteiger partial charge in [0.1, 0.15) is 5.92 Å². The second-order valence-corrected chi connectivity index (χ2v) is 13.7. The molecule has 0 fully saturated rings.